The average Bonchev–Trinajstić information content (AvgIpc) is 2.58. The number of carbonyl (C=O) groups is 1. The van der Waals surface area contributed by atoms with Gasteiger partial charge in [0.15, 0.2) is 0 Å². The molecular weight excluding hydrogens is 290 g/mol. The van der Waals surface area contributed by atoms with Crippen molar-refractivity contribution in [3.05, 3.63) is 20.8 Å². The highest BCUT2D eigenvalue weighted by molar-refractivity contribution is 9.11. The lowest BCUT2D eigenvalue weighted by atomic mass is 10.2. The van der Waals surface area contributed by atoms with Crippen molar-refractivity contribution in [1.29, 1.82) is 0 Å². The topological polar surface area (TPSA) is 40.5 Å². The first-order valence-corrected chi connectivity index (χ1v) is 6.88. The Hall–Kier alpha value is -0.390. The maximum atomic E-state index is 10.3. The van der Waals surface area contributed by atoms with Crippen LogP contribution in [0.5, 0.6) is 0 Å². The molecule has 0 aliphatic carbocycles. The SMILES string of the molecule is CN(CCCCC(=O)O)Cc1csc(Br)c1. The van der Waals surface area contributed by atoms with Crippen LogP contribution in [0.15, 0.2) is 15.2 Å². The minimum Gasteiger partial charge on any atom is -0.481 e. The van der Waals surface area contributed by atoms with Gasteiger partial charge in [-0.3, -0.25) is 4.79 Å². The third-order valence-corrected chi connectivity index (χ3v) is 3.81. The summed E-state index contributed by atoms with van der Waals surface area (Å²) < 4.78 is 1.15. The average molecular weight is 306 g/mol. The molecule has 0 radical (unpaired) electrons. The van der Waals surface area contributed by atoms with Gasteiger partial charge >= 0.3 is 5.97 Å². The zero-order valence-electron chi connectivity index (χ0n) is 9.28. The number of aliphatic carboxylic acids is 1. The van der Waals surface area contributed by atoms with Crippen LogP contribution in [0.3, 0.4) is 0 Å². The Kier molecular flexibility index (Phi) is 6.01. The maximum Gasteiger partial charge on any atom is 0.303 e. The summed E-state index contributed by atoms with van der Waals surface area (Å²) in [4.78, 5) is 12.5. The minimum absolute atomic E-state index is 0.276. The molecule has 0 saturated heterocycles. The molecule has 90 valence electrons. The Labute approximate surface area is 108 Å². The fourth-order valence-corrected chi connectivity index (χ4v) is 2.68. The first-order chi connectivity index (χ1) is 7.58. The Balaban J connectivity index is 2.16. The van der Waals surface area contributed by atoms with Crippen molar-refractivity contribution in [3.8, 4) is 0 Å². The maximum absolute atomic E-state index is 10.3. The quantitative estimate of drug-likeness (QED) is 0.787. The molecule has 3 nitrogen and oxygen atoms in total. The third-order valence-electron chi connectivity index (χ3n) is 2.25. The molecule has 0 aliphatic heterocycles. The summed E-state index contributed by atoms with van der Waals surface area (Å²) in [6.45, 7) is 1.87. The third kappa shape index (κ3) is 5.63. The zero-order valence-corrected chi connectivity index (χ0v) is 11.7. The van der Waals surface area contributed by atoms with Crippen LogP contribution < -0.4 is 0 Å². The molecule has 16 heavy (non-hydrogen) atoms. The zero-order chi connectivity index (χ0) is 12.0. The molecule has 5 heteroatoms. The Bertz CT molecular complexity index is 340. The summed E-state index contributed by atoms with van der Waals surface area (Å²) in [6.07, 6.45) is 1.97. The fraction of sp³-hybridized carbons (Fsp3) is 0.545. The van der Waals surface area contributed by atoms with Crippen molar-refractivity contribution in [2.75, 3.05) is 13.6 Å². The van der Waals surface area contributed by atoms with Crippen LogP contribution in [-0.4, -0.2) is 29.6 Å². The highest BCUT2D eigenvalue weighted by atomic mass is 79.9. The highest BCUT2D eigenvalue weighted by Crippen LogP contribution is 2.21. The predicted molar refractivity (Wildman–Crippen MR) is 69.8 cm³/mol. The fourth-order valence-electron chi connectivity index (χ4n) is 1.48. The number of carboxylic acid groups (broad SMARTS) is 1. The van der Waals surface area contributed by atoms with Gasteiger partial charge in [0.2, 0.25) is 0 Å². The molecule has 1 aromatic heterocycles. The van der Waals surface area contributed by atoms with E-state index >= 15 is 0 Å². The molecule has 0 unspecified atom stereocenters. The molecule has 0 spiro atoms. The normalized spacial score (nSPS) is 10.9. The number of carboxylic acids is 1. The van der Waals surface area contributed by atoms with Gasteiger partial charge in [0.05, 0.1) is 3.79 Å². The monoisotopic (exact) mass is 305 g/mol. The molecule has 0 fully saturated rings. The van der Waals surface area contributed by atoms with Gasteiger partial charge in [-0.15, -0.1) is 11.3 Å². The molecule has 1 heterocycles. The van der Waals surface area contributed by atoms with E-state index in [1.54, 1.807) is 11.3 Å². The summed E-state index contributed by atoms with van der Waals surface area (Å²) in [5.41, 5.74) is 1.30. The molecular formula is C11H16BrNO2S. The summed E-state index contributed by atoms with van der Waals surface area (Å²) >= 11 is 5.13. The van der Waals surface area contributed by atoms with Gasteiger partial charge in [0, 0.05) is 13.0 Å². The highest BCUT2D eigenvalue weighted by Gasteiger charge is 2.03. The second kappa shape index (κ2) is 7.04. The molecule has 0 aliphatic rings. The van der Waals surface area contributed by atoms with Crippen molar-refractivity contribution in [2.24, 2.45) is 0 Å². The van der Waals surface area contributed by atoms with Crippen LogP contribution in [0.4, 0.5) is 0 Å². The number of unbranched alkanes of at least 4 members (excludes halogenated alkanes) is 1. The van der Waals surface area contributed by atoms with E-state index in [2.05, 4.69) is 39.3 Å². The number of thiophene rings is 1. The predicted octanol–water partition coefficient (Wildman–Crippen LogP) is 3.20. The van der Waals surface area contributed by atoms with Crippen LogP contribution in [0.25, 0.3) is 0 Å². The van der Waals surface area contributed by atoms with Crippen molar-refractivity contribution in [3.63, 3.8) is 0 Å². The lowest BCUT2D eigenvalue weighted by Crippen LogP contribution is -2.18. The van der Waals surface area contributed by atoms with Gasteiger partial charge in [-0.1, -0.05) is 0 Å². The van der Waals surface area contributed by atoms with E-state index < -0.39 is 5.97 Å². The van der Waals surface area contributed by atoms with Crippen molar-refractivity contribution >= 4 is 33.2 Å². The van der Waals surface area contributed by atoms with Gasteiger partial charge in [-0.25, -0.2) is 0 Å². The van der Waals surface area contributed by atoms with E-state index in [-0.39, 0.29) is 6.42 Å². The number of hydrogen-bond donors (Lipinski definition) is 1. The Morgan fingerprint density at radius 3 is 2.88 bits per heavy atom. The van der Waals surface area contributed by atoms with E-state index in [1.165, 1.54) is 5.56 Å². The minimum atomic E-state index is -0.704. The smallest absolute Gasteiger partial charge is 0.303 e. The second-order valence-corrected chi connectivity index (χ2v) is 6.14. The molecule has 0 saturated carbocycles. The van der Waals surface area contributed by atoms with Crippen LogP contribution in [0, 0.1) is 0 Å². The van der Waals surface area contributed by atoms with Crippen molar-refractivity contribution in [2.45, 2.75) is 25.8 Å². The molecule has 1 rings (SSSR count). The Morgan fingerprint density at radius 2 is 2.31 bits per heavy atom. The molecule has 1 aromatic rings. The second-order valence-electron chi connectivity index (χ2n) is 3.85. The van der Waals surface area contributed by atoms with E-state index in [0.29, 0.717) is 0 Å². The van der Waals surface area contributed by atoms with Gasteiger partial charge < -0.3 is 10.0 Å². The number of nitrogens with zero attached hydrogens (tertiary/aromatic N) is 1. The van der Waals surface area contributed by atoms with E-state index in [0.717, 1.165) is 29.7 Å². The lowest BCUT2D eigenvalue weighted by molar-refractivity contribution is -0.137. The van der Waals surface area contributed by atoms with Crippen LogP contribution in [0.2, 0.25) is 0 Å². The number of hydrogen-bond acceptors (Lipinski definition) is 3. The van der Waals surface area contributed by atoms with E-state index in [1.807, 2.05) is 0 Å². The summed E-state index contributed by atoms with van der Waals surface area (Å²) in [6, 6.07) is 2.12. The molecule has 0 bridgehead atoms. The first kappa shape index (κ1) is 13.7. The first-order valence-electron chi connectivity index (χ1n) is 5.21. The molecule has 0 aromatic carbocycles. The lowest BCUT2D eigenvalue weighted by Gasteiger charge is -2.15. The van der Waals surface area contributed by atoms with Gasteiger partial charge in [-0.2, -0.15) is 0 Å². The summed E-state index contributed by atoms with van der Waals surface area (Å²) in [5.74, 6) is -0.704. The van der Waals surface area contributed by atoms with E-state index in [9.17, 15) is 4.79 Å². The van der Waals surface area contributed by atoms with Gasteiger partial charge in [0.1, 0.15) is 0 Å². The van der Waals surface area contributed by atoms with Crippen molar-refractivity contribution < 1.29 is 9.90 Å². The largest absolute Gasteiger partial charge is 0.481 e. The van der Waals surface area contributed by atoms with E-state index in [4.69, 9.17) is 5.11 Å². The van der Waals surface area contributed by atoms with Gasteiger partial charge in [0.25, 0.3) is 0 Å². The standard InChI is InChI=1S/C11H16BrNO2S/c1-13(5-3-2-4-11(14)15)7-9-6-10(12)16-8-9/h6,8H,2-5,7H2,1H3,(H,14,15). The van der Waals surface area contributed by atoms with Crippen LogP contribution in [-0.2, 0) is 11.3 Å². The molecule has 0 amide bonds. The number of rotatable bonds is 7. The van der Waals surface area contributed by atoms with Crippen molar-refractivity contribution in [1.82, 2.24) is 4.90 Å². The Morgan fingerprint density at radius 1 is 1.56 bits per heavy atom. The van der Waals surface area contributed by atoms with Crippen LogP contribution >= 0.6 is 27.3 Å². The van der Waals surface area contributed by atoms with Crippen LogP contribution in [0.1, 0.15) is 24.8 Å². The molecule has 1 N–H and O–H groups in total. The summed E-state index contributed by atoms with van der Waals surface area (Å²) in [7, 11) is 2.06. The summed E-state index contributed by atoms with van der Waals surface area (Å²) in [5, 5.41) is 10.6. The number of halogens is 1. The van der Waals surface area contributed by atoms with Gasteiger partial charge in [-0.05, 0) is 59.4 Å². The molecule has 0 atom stereocenters.